The number of aromatic hydroxyl groups is 2. The molecule has 9 aromatic rings. The quantitative estimate of drug-likeness (QED) is 0.162. The molecule has 2 heterocycles. The van der Waals surface area contributed by atoms with E-state index in [1.54, 1.807) is 12.1 Å². The fourth-order valence-electron chi connectivity index (χ4n) is 6.84. The molecule has 0 aliphatic heterocycles. The zero-order chi connectivity index (χ0) is 29.4. The van der Waals surface area contributed by atoms with Crippen molar-refractivity contribution in [1.82, 2.24) is 9.97 Å². The molecule has 0 bridgehead atoms. The summed E-state index contributed by atoms with van der Waals surface area (Å²) >= 11 is 0. The van der Waals surface area contributed by atoms with Gasteiger partial charge < -0.3 is 10.2 Å². The van der Waals surface area contributed by atoms with Gasteiger partial charge in [0.05, 0.1) is 22.4 Å². The molecular weight excluding hydrogens is 540 g/mol. The lowest BCUT2D eigenvalue weighted by Gasteiger charge is -2.17. The number of phenols is 2. The topological polar surface area (TPSA) is 66.2 Å². The van der Waals surface area contributed by atoms with Gasteiger partial charge in [0, 0.05) is 32.7 Å². The van der Waals surface area contributed by atoms with Crippen LogP contribution in [-0.2, 0) is 0 Å². The molecule has 0 spiro atoms. The van der Waals surface area contributed by atoms with Gasteiger partial charge in [-0.05, 0) is 56.6 Å². The van der Waals surface area contributed by atoms with Crippen molar-refractivity contribution in [2.45, 2.75) is 0 Å². The summed E-state index contributed by atoms with van der Waals surface area (Å²) in [5.41, 5.74) is 5.32. The predicted molar refractivity (Wildman–Crippen MR) is 181 cm³/mol. The Morgan fingerprint density at radius 1 is 0.341 bits per heavy atom. The van der Waals surface area contributed by atoms with Crippen LogP contribution in [0.15, 0.2) is 133 Å². The number of hydrogen-bond acceptors (Lipinski definition) is 4. The molecule has 4 heteroatoms. The number of hydrogen-bond donors (Lipinski definition) is 2. The Hall–Kier alpha value is -6.00. The number of pyridine rings is 2. The summed E-state index contributed by atoms with van der Waals surface area (Å²) in [7, 11) is 0. The van der Waals surface area contributed by atoms with Gasteiger partial charge in [-0.3, -0.25) is 0 Å². The molecule has 0 amide bonds. The van der Waals surface area contributed by atoms with Crippen LogP contribution in [0.5, 0.6) is 11.5 Å². The van der Waals surface area contributed by atoms with Crippen molar-refractivity contribution >= 4 is 64.9 Å². The fraction of sp³-hybridized carbons (Fsp3) is 0. The molecule has 7 aromatic carbocycles. The second-order valence-corrected chi connectivity index (χ2v) is 11.3. The third-order valence-electron chi connectivity index (χ3n) is 8.80. The molecule has 2 aromatic heterocycles. The number of phenolic OH excluding ortho intramolecular Hbond substituents is 2. The first-order valence-electron chi connectivity index (χ1n) is 14.6. The maximum absolute atomic E-state index is 10.8. The first-order chi connectivity index (χ1) is 21.7. The minimum atomic E-state index is 0.226. The monoisotopic (exact) mass is 564 g/mol. The van der Waals surface area contributed by atoms with Gasteiger partial charge in [0.1, 0.15) is 11.5 Å². The minimum absolute atomic E-state index is 0.226. The number of fused-ring (bicyclic) bond motifs is 8. The zero-order valence-corrected chi connectivity index (χ0v) is 23.5. The summed E-state index contributed by atoms with van der Waals surface area (Å²) < 4.78 is 0. The Bertz CT molecular complexity index is 2400. The van der Waals surface area contributed by atoms with Crippen LogP contribution < -0.4 is 0 Å². The van der Waals surface area contributed by atoms with E-state index in [4.69, 9.17) is 9.97 Å². The average Bonchev–Trinajstić information content (AvgIpc) is 3.06. The molecule has 0 atom stereocenters. The van der Waals surface area contributed by atoms with Crippen molar-refractivity contribution in [3.8, 4) is 34.0 Å². The van der Waals surface area contributed by atoms with E-state index >= 15 is 0 Å². The van der Waals surface area contributed by atoms with Crippen molar-refractivity contribution in [2.24, 2.45) is 0 Å². The number of nitrogens with zero attached hydrogens (tertiary/aromatic N) is 2. The maximum Gasteiger partial charge on any atom is 0.125 e. The van der Waals surface area contributed by atoms with Gasteiger partial charge in [-0.15, -0.1) is 0 Å². The van der Waals surface area contributed by atoms with E-state index in [0.29, 0.717) is 0 Å². The van der Waals surface area contributed by atoms with Crippen molar-refractivity contribution in [1.29, 1.82) is 0 Å². The molecular formula is C40H24N2O2. The minimum Gasteiger partial charge on any atom is -0.507 e. The molecule has 0 fully saturated rings. The van der Waals surface area contributed by atoms with Gasteiger partial charge in [0.15, 0.2) is 0 Å². The lowest BCUT2D eigenvalue weighted by Crippen LogP contribution is -1.95. The highest BCUT2D eigenvalue weighted by molar-refractivity contribution is 6.22. The Morgan fingerprint density at radius 2 is 0.705 bits per heavy atom. The van der Waals surface area contributed by atoms with Gasteiger partial charge in [-0.1, -0.05) is 109 Å². The molecule has 206 valence electrons. The molecule has 0 unspecified atom stereocenters. The van der Waals surface area contributed by atoms with Gasteiger partial charge >= 0.3 is 0 Å². The van der Waals surface area contributed by atoms with Crippen LogP contribution >= 0.6 is 0 Å². The number of aromatic nitrogens is 2. The summed E-state index contributed by atoms with van der Waals surface area (Å²) in [5, 5.41) is 31.3. The molecule has 9 rings (SSSR count). The van der Waals surface area contributed by atoms with E-state index in [1.165, 1.54) is 0 Å². The van der Waals surface area contributed by atoms with Crippen LogP contribution in [0.2, 0.25) is 0 Å². The Labute approximate surface area is 252 Å². The molecule has 0 aliphatic rings. The van der Waals surface area contributed by atoms with E-state index < -0.39 is 0 Å². The first kappa shape index (κ1) is 24.6. The SMILES string of the molecule is Oc1cccc2ccc3ccc(-c4c5ccccc5c(-c5ccc6ccc7cccc(O)c7c6n5)c5ccccc45)nc3c12. The van der Waals surface area contributed by atoms with Crippen LogP contribution in [0.4, 0.5) is 0 Å². The summed E-state index contributed by atoms with van der Waals surface area (Å²) in [6, 6.07) is 44.5. The maximum atomic E-state index is 10.8. The fourth-order valence-corrected chi connectivity index (χ4v) is 6.84. The highest BCUT2D eigenvalue weighted by Crippen LogP contribution is 2.44. The molecule has 0 radical (unpaired) electrons. The van der Waals surface area contributed by atoms with E-state index in [9.17, 15) is 10.2 Å². The van der Waals surface area contributed by atoms with Crippen LogP contribution in [0.3, 0.4) is 0 Å². The van der Waals surface area contributed by atoms with E-state index in [-0.39, 0.29) is 11.5 Å². The second kappa shape index (κ2) is 9.25. The first-order valence-corrected chi connectivity index (χ1v) is 14.6. The third-order valence-corrected chi connectivity index (χ3v) is 8.80. The number of rotatable bonds is 2. The Morgan fingerprint density at radius 3 is 1.11 bits per heavy atom. The third kappa shape index (κ3) is 3.52. The number of benzene rings is 7. The average molecular weight is 565 g/mol. The molecule has 4 nitrogen and oxygen atoms in total. The summed E-state index contributed by atoms with van der Waals surface area (Å²) in [4.78, 5) is 10.4. The van der Waals surface area contributed by atoms with Crippen molar-refractivity contribution < 1.29 is 10.2 Å². The highest BCUT2D eigenvalue weighted by Gasteiger charge is 2.19. The lowest BCUT2D eigenvalue weighted by molar-refractivity contribution is 0.481. The van der Waals surface area contributed by atoms with Crippen LogP contribution in [-0.4, -0.2) is 20.2 Å². The zero-order valence-electron chi connectivity index (χ0n) is 23.5. The second-order valence-electron chi connectivity index (χ2n) is 11.3. The van der Waals surface area contributed by atoms with Crippen molar-refractivity contribution in [3.63, 3.8) is 0 Å². The molecule has 0 aliphatic carbocycles. The van der Waals surface area contributed by atoms with Gasteiger partial charge in [0.25, 0.3) is 0 Å². The van der Waals surface area contributed by atoms with Gasteiger partial charge in [-0.2, -0.15) is 0 Å². The van der Waals surface area contributed by atoms with Crippen LogP contribution in [0.1, 0.15) is 0 Å². The normalized spacial score (nSPS) is 11.8. The van der Waals surface area contributed by atoms with Gasteiger partial charge in [0.2, 0.25) is 0 Å². The molecule has 2 N–H and O–H groups in total. The van der Waals surface area contributed by atoms with Gasteiger partial charge in [-0.25, -0.2) is 9.97 Å². The van der Waals surface area contributed by atoms with Crippen molar-refractivity contribution in [2.75, 3.05) is 0 Å². The Balaban J connectivity index is 1.38. The molecule has 0 saturated carbocycles. The van der Waals surface area contributed by atoms with Crippen molar-refractivity contribution in [3.05, 3.63) is 133 Å². The summed E-state index contributed by atoms with van der Waals surface area (Å²) in [6.07, 6.45) is 0. The largest absolute Gasteiger partial charge is 0.507 e. The van der Waals surface area contributed by atoms with Crippen LogP contribution in [0.25, 0.3) is 87.4 Å². The van der Waals surface area contributed by atoms with E-state index in [0.717, 1.165) is 87.4 Å². The standard InChI is InChI=1S/C40H24N2O2/c43-33-13-5-7-23-15-17-25-19-21-31(41-39(25)35(23)33)37-27-9-1-2-10-28(27)38(30-12-4-3-11-29(30)37)32-22-20-26-18-16-24-8-6-14-34(44)36(24)40(26)42-32/h1-22,43-44H. The molecule has 0 saturated heterocycles. The van der Waals surface area contributed by atoms with E-state index in [2.05, 4.69) is 84.9 Å². The lowest BCUT2D eigenvalue weighted by atomic mass is 9.88. The van der Waals surface area contributed by atoms with Crippen LogP contribution in [0, 0.1) is 0 Å². The molecule has 44 heavy (non-hydrogen) atoms. The highest BCUT2D eigenvalue weighted by atomic mass is 16.3. The predicted octanol–water partition coefficient (Wildman–Crippen LogP) is 10.1. The van der Waals surface area contributed by atoms with E-state index in [1.807, 2.05) is 36.4 Å². The smallest absolute Gasteiger partial charge is 0.125 e. The summed E-state index contributed by atoms with van der Waals surface area (Å²) in [5.74, 6) is 0.451. The Kier molecular flexibility index (Phi) is 5.17. The summed E-state index contributed by atoms with van der Waals surface area (Å²) in [6.45, 7) is 0.